The van der Waals surface area contributed by atoms with Crippen molar-refractivity contribution in [3.8, 4) is 28.1 Å². The molecule has 1 fully saturated rings. The minimum Gasteiger partial charge on any atom is -0.496 e. The van der Waals surface area contributed by atoms with E-state index in [1.54, 1.807) is 7.11 Å². The number of halogens is 4. The Morgan fingerprint density at radius 3 is 2.56 bits per heavy atom. The Morgan fingerprint density at radius 2 is 1.85 bits per heavy atom. The summed E-state index contributed by atoms with van der Waals surface area (Å²) in [6.07, 6.45) is -1.02. The third kappa shape index (κ3) is 5.32. The molecule has 5 rings (SSSR count). The predicted octanol–water partition coefficient (Wildman–Crippen LogP) is 6.86. The van der Waals surface area contributed by atoms with E-state index in [-0.39, 0.29) is 37.0 Å². The molecule has 0 bridgehead atoms. The van der Waals surface area contributed by atoms with Gasteiger partial charge in [0.15, 0.2) is 0 Å². The Bertz CT molecular complexity index is 1490. The number of carbonyl (C=O) groups is 1. The van der Waals surface area contributed by atoms with Gasteiger partial charge in [-0.05, 0) is 56.4 Å². The van der Waals surface area contributed by atoms with E-state index in [2.05, 4.69) is 16.4 Å². The second-order valence-corrected chi connectivity index (χ2v) is 9.92. The summed E-state index contributed by atoms with van der Waals surface area (Å²) in [5.74, 6) is -0.639. The first-order valence-corrected chi connectivity index (χ1v) is 12.7. The van der Waals surface area contributed by atoms with Crippen molar-refractivity contribution in [2.45, 2.75) is 51.7 Å². The lowest BCUT2D eigenvalue weighted by molar-refractivity contribution is -0.158. The number of nitrogens with zero attached hydrogens (tertiary/aromatic N) is 4. The zero-order valence-corrected chi connectivity index (χ0v) is 21.8. The van der Waals surface area contributed by atoms with E-state index in [4.69, 9.17) is 4.74 Å². The molecule has 1 amide bonds. The molecule has 2 aromatic carbocycles. The number of ether oxygens (including phenoxy) is 1. The van der Waals surface area contributed by atoms with Crippen LogP contribution in [-0.4, -0.2) is 45.6 Å². The average molecular weight is 541 g/mol. The fourth-order valence-electron chi connectivity index (χ4n) is 5.33. The van der Waals surface area contributed by atoms with Gasteiger partial charge in [-0.15, -0.1) is 5.10 Å². The van der Waals surface area contributed by atoms with Gasteiger partial charge in [-0.2, -0.15) is 13.2 Å². The zero-order valence-electron chi connectivity index (χ0n) is 21.8. The normalized spacial score (nSPS) is 18.1. The van der Waals surface area contributed by atoms with Crippen LogP contribution in [0.25, 0.3) is 22.4 Å². The van der Waals surface area contributed by atoms with Crippen LogP contribution in [0.15, 0.2) is 65.8 Å². The van der Waals surface area contributed by atoms with Crippen LogP contribution in [0, 0.1) is 13.8 Å². The second-order valence-electron chi connectivity index (χ2n) is 9.92. The lowest BCUT2D eigenvalue weighted by Crippen LogP contribution is -2.41. The van der Waals surface area contributed by atoms with Crippen molar-refractivity contribution in [3.05, 3.63) is 76.9 Å². The molecule has 0 N–H and O–H groups in total. The Hall–Kier alpha value is -3.95. The van der Waals surface area contributed by atoms with Gasteiger partial charge in [-0.1, -0.05) is 41.1 Å². The van der Waals surface area contributed by atoms with Gasteiger partial charge in [0.2, 0.25) is 0 Å². The van der Waals surface area contributed by atoms with Crippen LogP contribution in [0.2, 0.25) is 0 Å². The highest BCUT2D eigenvalue weighted by molar-refractivity contribution is 5.84. The molecule has 1 aliphatic carbocycles. The van der Waals surface area contributed by atoms with E-state index in [9.17, 15) is 22.4 Å². The van der Waals surface area contributed by atoms with Gasteiger partial charge in [0.25, 0.3) is 5.91 Å². The number of rotatable bonds is 5. The molecule has 2 heterocycles. The summed E-state index contributed by atoms with van der Waals surface area (Å²) in [6, 6.07) is 10.7. The third-order valence-electron chi connectivity index (χ3n) is 7.18. The van der Waals surface area contributed by atoms with E-state index in [0.29, 0.717) is 21.9 Å². The molecule has 1 aromatic heterocycles. The van der Waals surface area contributed by atoms with Gasteiger partial charge in [0, 0.05) is 28.8 Å². The van der Waals surface area contributed by atoms with Crippen LogP contribution in [-0.2, 0) is 4.79 Å². The molecule has 10 heteroatoms. The minimum atomic E-state index is -4.65. The van der Waals surface area contributed by atoms with Gasteiger partial charge in [0.05, 0.1) is 13.3 Å². The Kier molecular flexibility index (Phi) is 7.05. The smallest absolute Gasteiger partial charge is 0.406 e. The monoisotopic (exact) mass is 540 g/mol. The molecule has 1 unspecified atom stereocenters. The summed E-state index contributed by atoms with van der Waals surface area (Å²) in [5.41, 5.74) is 5.46. The highest BCUT2D eigenvalue weighted by Crippen LogP contribution is 2.40. The maximum Gasteiger partial charge on any atom is 0.406 e. The molecule has 1 saturated heterocycles. The molecule has 0 saturated carbocycles. The summed E-state index contributed by atoms with van der Waals surface area (Å²) in [4.78, 5) is 14.1. The average Bonchev–Trinajstić information content (AvgIpc) is 3.32. The van der Waals surface area contributed by atoms with Crippen molar-refractivity contribution >= 4 is 5.91 Å². The van der Waals surface area contributed by atoms with E-state index in [1.165, 1.54) is 17.0 Å². The van der Waals surface area contributed by atoms with Crippen LogP contribution >= 0.6 is 0 Å². The fourth-order valence-corrected chi connectivity index (χ4v) is 5.33. The largest absolute Gasteiger partial charge is 0.496 e. The predicted molar refractivity (Wildman–Crippen MR) is 138 cm³/mol. The van der Waals surface area contributed by atoms with Gasteiger partial charge >= 0.3 is 6.18 Å². The number of carbonyl (C=O) groups excluding carboxylic acids is 1. The summed E-state index contributed by atoms with van der Waals surface area (Å²) in [6.45, 7) is 2.56. The van der Waals surface area contributed by atoms with E-state index >= 15 is 0 Å². The highest BCUT2D eigenvalue weighted by atomic mass is 19.4. The number of hydrogen-bond donors (Lipinski definition) is 0. The molecule has 1 atom stereocenters. The molecule has 3 aromatic rings. The third-order valence-corrected chi connectivity index (χ3v) is 7.18. The number of benzene rings is 2. The van der Waals surface area contributed by atoms with Gasteiger partial charge in [-0.25, -0.2) is 9.07 Å². The maximum absolute atomic E-state index is 14.6. The number of allylic oxidation sites excluding steroid dienone is 3. The number of hydrogen-bond acceptors (Lipinski definition) is 4. The molecule has 0 radical (unpaired) electrons. The second kappa shape index (κ2) is 10.3. The van der Waals surface area contributed by atoms with Gasteiger partial charge in [-0.3, -0.25) is 4.79 Å². The molecule has 6 nitrogen and oxygen atoms in total. The van der Waals surface area contributed by atoms with Crippen molar-refractivity contribution in [1.82, 2.24) is 19.9 Å². The Morgan fingerprint density at radius 1 is 1.08 bits per heavy atom. The minimum absolute atomic E-state index is 0.00985. The summed E-state index contributed by atoms with van der Waals surface area (Å²) < 4.78 is 61.9. The number of likely N-dealkylation sites (tertiary alicyclic amines) is 1. The highest BCUT2D eigenvalue weighted by Gasteiger charge is 2.41. The maximum atomic E-state index is 14.6. The first-order chi connectivity index (χ1) is 18.6. The molecular formula is C29H28F4N4O2. The van der Waals surface area contributed by atoms with Crippen LogP contribution in [0.1, 0.15) is 42.9 Å². The first-order valence-electron chi connectivity index (χ1n) is 12.7. The molecular weight excluding hydrogens is 512 g/mol. The quantitative estimate of drug-likeness (QED) is 0.332. The SMILES string of the molecule is COc1cc(-c2cn(C3CCC4=C(F)CCC=C4N(CC(F)(F)F)C3=O)nn2)ccc1-c1ccc(C)cc1C. The van der Waals surface area contributed by atoms with E-state index < -0.39 is 30.5 Å². The number of fused-ring (bicyclic) bond motifs is 1. The number of amides is 1. The van der Waals surface area contributed by atoms with Crippen molar-refractivity contribution in [2.24, 2.45) is 0 Å². The number of aromatic nitrogens is 3. The summed E-state index contributed by atoms with van der Waals surface area (Å²) >= 11 is 0. The van der Waals surface area contributed by atoms with Crippen LogP contribution in [0.4, 0.5) is 17.6 Å². The van der Waals surface area contributed by atoms with Crippen molar-refractivity contribution < 1.29 is 27.1 Å². The van der Waals surface area contributed by atoms with E-state index in [0.717, 1.165) is 22.3 Å². The van der Waals surface area contributed by atoms with Crippen LogP contribution in [0.5, 0.6) is 5.75 Å². The zero-order chi connectivity index (χ0) is 27.9. The number of alkyl halides is 3. The molecule has 0 spiro atoms. The van der Waals surface area contributed by atoms with Gasteiger partial charge < -0.3 is 9.64 Å². The molecule has 1 aliphatic heterocycles. The van der Waals surface area contributed by atoms with E-state index in [1.807, 2.05) is 44.2 Å². The molecule has 2 aliphatic rings. The number of aryl methyl sites for hydroxylation is 2. The molecule has 204 valence electrons. The van der Waals surface area contributed by atoms with Crippen molar-refractivity contribution in [3.63, 3.8) is 0 Å². The Labute approximate surface area is 223 Å². The Balaban J connectivity index is 1.48. The van der Waals surface area contributed by atoms with Crippen LogP contribution < -0.4 is 4.74 Å². The lowest BCUT2D eigenvalue weighted by Gasteiger charge is -2.29. The van der Waals surface area contributed by atoms with Crippen molar-refractivity contribution in [2.75, 3.05) is 13.7 Å². The fraction of sp³-hybridized carbons (Fsp3) is 0.345. The number of methoxy groups -OCH3 is 1. The van der Waals surface area contributed by atoms with Gasteiger partial charge in [0.1, 0.15) is 29.9 Å². The standard InChI is InChI=1S/C29H28F4N4O2/c1-17-7-9-20(18(2)13-17)21-10-8-19(14-27(21)39-3)24-15-37(35-34-24)26-12-11-22-23(30)5-4-6-25(22)36(28(26)38)16-29(31,32)33/h6-10,13-15,26H,4-5,11-12,16H2,1-3H3. The van der Waals surface area contributed by atoms with Crippen LogP contribution in [0.3, 0.4) is 0 Å². The summed E-state index contributed by atoms with van der Waals surface area (Å²) in [7, 11) is 1.57. The lowest BCUT2D eigenvalue weighted by atomic mass is 9.96. The summed E-state index contributed by atoms with van der Waals surface area (Å²) in [5, 5.41) is 8.31. The topological polar surface area (TPSA) is 60.2 Å². The van der Waals surface area contributed by atoms with Crippen molar-refractivity contribution in [1.29, 1.82) is 0 Å². The molecule has 39 heavy (non-hydrogen) atoms. The first kappa shape index (κ1) is 26.6.